The molecule has 0 spiro atoms. The third-order valence-corrected chi connectivity index (χ3v) is 2.91. The molecule has 0 atom stereocenters. The monoisotopic (exact) mass is 171 g/mol. The molecular formula is C10H23N2+. The van der Waals surface area contributed by atoms with E-state index < -0.39 is 0 Å². The van der Waals surface area contributed by atoms with E-state index in [2.05, 4.69) is 46.8 Å². The molecular weight excluding hydrogens is 148 g/mol. The average Bonchev–Trinajstić information content (AvgIpc) is 1.46. The molecule has 72 valence electrons. The molecule has 1 aliphatic heterocycles. The molecule has 0 amide bonds. The van der Waals surface area contributed by atoms with E-state index in [4.69, 9.17) is 0 Å². The molecule has 1 fully saturated rings. The molecule has 0 aliphatic carbocycles. The summed E-state index contributed by atoms with van der Waals surface area (Å²) in [5.41, 5.74) is 0.367. The lowest BCUT2D eigenvalue weighted by Crippen LogP contribution is -2.68. The van der Waals surface area contributed by atoms with Crippen LogP contribution in [-0.4, -0.2) is 55.2 Å². The van der Waals surface area contributed by atoms with Crippen LogP contribution in [0.15, 0.2) is 0 Å². The van der Waals surface area contributed by atoms with Crippen molar-refractivity contribution in [1.82, 2.24) is 4.90 Å². The molecule has 0 aromatic heterocycles. The number of hydrogen-bond donors (Lipinski definition) is 0. The molecule has 1 heterocycles. The first-order chi connectivity index (χ1) is 5.21. The fourth-order valence-electron chi connectivity index (χ4n) is 1.49. The molecule has 1 rings (SSSR count). The lowest BCUT2D eigenvalue weighted by atomic mass is 9.96. The van der Waals surface area contributed by atoms with Crippen molar-refractivity contribution in [2.45, 2.75) is 32.4 Å². The molecule has 1 aliphatic rings. The standard InChI is InChI=1S/C10H23N2/c1-10(2,3)11-7-9(8-11)12(4,5)6/h9H,7-8H2,1-6H3/q+1. The fourth-order valence-corrected chi connectivity index (χ4v) is 1.49. The van der Waals surface area contributed by atoms with Gasteiger partial charge in [-0.05, 0) is 20.8 Å². The Balaban J connectivity index is 2.39. The Morgan fingerprint density at radius 3 is 1.75 bits per heavy atom. The SMILES string of the molecule is CC(C)(C)N1CC([N+](C)(C)C)C1. The Bertz CT molecular complexity index is 138. The van der Waals surface area contributed by atoms with Crippen molar-refractivity contribution in [3.8, 4) is 0 Å². The minimum Gasteiger partial charge on any atom is -0.326 e. The van der Waals surface area contributed by atoms with Crippen molar-refractivity contribution < 1.29 is 4.48 Å². The van der Waals surface area contributed by atoms with Gasteiger partial charge in [0.25, 0.3) is 0 Å². The second-order valence-electron chi connectivity index (χ2n) is 5.85. The topological polar surface area (TPSA) is 3.24 Å². The number of rotatable bonds is 1. The van der Waals surface area contributed by atoms with Crippen LogP contribution in [-0.2, 0) is 0 Å². The van der Waals surface area contributed by atoms with E-state index in [9.17, 15) is 0 Å². The van der Waals surface area contributed by atoms with E-state index in [0.717, 1.165) is 10.5 Å². The Morgan fingerprint density at radius 1 is 1.08 bits per heavy atom. The summed E-state index contributed by atoms with van der Waals surface area (Å²) >= 11 is 0. The second kappa shape index (κ2) is 2.71. The third kappa shape index (κ3) is 1.99. The van der Waals surface area contributed by atoms with Gasteiger partial charge in [0.1, 0.15) is 6.04 Å². The summed E-state index contributed by atoms with van der Waals surface area (Å²) in [4.78, 5) is 2.54. The van der Waals surface area contributed by atoms with E-state index in [1.54, 1.807) is 0 Å². The molecule has 1 saturated heterocycles. The minimum atomic E-state index is 0.367. The smallest absolute Gasteiger partial charge is 0.114 e. The molecule has 0 aromatic carbocycles. The van der Waals surface area contributed by atoms with Crippen molar-refractivity contribution in [3.05, 3.63) is 0 Å². The first-order valence-electron chi connectivity index (χ1n) is 4.77. The maximum Gasteiger partial charge on any atom is 0.114 e. The fraction of sp³-hybridized carbons (Fsp3) is 1.00. The lowest BCUT2D eigenvalue weighted by Gasteiger charge is -2.51. The van der Waals surface area contributed by atoms with Gasteiger partial charge in [0.2, 0.25) is 0 Å². The summed E-state index contributed by atoms with van der Waals surface area (Å²) in [5.74, 6) is 0. The van der Waals surface area contributed by atoms with Crippen molar-refractivity contribution in [3.63, 3.8) is 0 Å². The van der Waals surface area contributed by atoms with Gasteiger partial charge in [-0.15, -0.1) is 0 Å². The predicted octanol–water partition coefficient (Wildman–Crippen LogP) is 1.18. The average molecular weight is 171 g/mol. The predicted molar refractivity (Wildman–Crippen MR) is 53.1 cm³/mol. The highest BCUT2D eigenvalue weighted by Crippen LogP contribution is 2.25. The number of hydrogen-bond acceptors (Lipinski definition) is 1. The summed E-state index contributed by atoms with van der Waals surface area (Å²) in [6.45, 7) is 9.39. The highest BCUT2D eigenvalue weighted by atomic mass is 15.4. The summed E-state index contributed by atoms with van der Waals surface area (Å²) in [7, 11) is 6.85. The van der Waals surface area contributed by atoms with Gasteiger partial charge in [-0.3, -0.25) is 4.90 Å². The summed E-state index contributed by atoms with van der Waals surface area (Å²) < 4.78 is 1.10. The maximum atomic E-state index is 2.54. The highest BCUT2D eigenvalue weighted by molar-refractivity contribution is 4.89. The van der Waals surface area contributed by atoms with E-state index in [-0.39, 0.29) is 0 Å². The van der Waals surface area contributed by atoms with Crippen LogP contribution >= 0.6 is 0 Å². The van der Waals surface area contributed by atoms with Crippen LogP contribution < -0.4 is 0 Å². The van der Waals surface area contributed by atoms with Gasteiger partial charge >= 0.3 is 0 Å². The van der Waals surface area contributed by atoms with Gasteiger partial charge in [0, 0.05) is 5.54 Å². The first kappa shape index (κ1) is 10.0. The summed E-state index contributed by atoms with van der Waals surface area (Å²) in [5, 5.41) is 0. The second-order valence-corrected chi connectivity index (χ2v) is 5.85. The van der Waals surface area contributed by atoms with Crippen LogP contribution in [0.2, 0.25) is 0 Å². The molecule has 0 bridgehead atoms. The van der Waals surface area contributed by atoms with E-state index in [1.165, 1.54) is 13.1 Å². The Labute approximate surface area is 76.7 Å². The molecule has 2 heteroatoms. The number of likely N-dealkylation sites (tertiary alicyclic amines) is 1. The van der Waals surface area contributed by atoms with Crippen molar-refractivity contribution in [2.75, 3.05) is 34.2 Å². The highest BCUT2D eigenvalue weighted by Gasteiger charge is 2.41. The van der Waals surface area contributed by atoms with E-state index in [0.29, 0.717) is 5.54 Å². The lowest BCUT2D eigenvalue weighted by molar-refractivity contribution is -0.902. The van der Waals surface area contributed by atoms with Gasteiger partial charge in [-0.25, -0.2) is 0 Å². The molecule has 0 unspecified atom stereocenters. The zero-order chi connectivity index (χ0) is 9.57. The van der Waals surface area contributed by atoms with Crippen molar-refractivity contribution in [1.29, 1.82) is 0 Å². The zero-order valence-electron chi connectivity index (χ0n) is 9.39. The number of quaternary nitrogens is 1. The number of likely N-dealkylation sites (N-methyl/N-ethyl adjacent to an activating group) is 1. The normalized spacial score (nSPS) is 22.5. The van der Waals surface area contributed by atoms with Gasteiger partial charge in [-0.1, -0.05) is 0 Å². The molecule has 2 nitrogen and oxygen atoms in total. The van der Waals surface area contributed by atoms with Gasteiger partial charge in [-0.2, -0.15) is 0 Å². The molecule has 0 N–H and O–H groups in total. The minimum absolute atomic E-state index is 0.367. The van der Waals surface area contributed by atoms with Gasteiger partial charge in [0.05, 0.1) is 34.2 Å². The Hall–Kier alpha value is -0.0800. The van der Waals surface area contributed by atoms with E-state index >= 15 is 0 Å². The van der Waals surface area contributed by atoms with Crippen LogP contribution in [0.1, 0.15) is 20.8 Å². The first-order valence-corrected chi connectivity index (χ1v) is 4.77. The third-order valence-electron chi connectivity index (χ3n) is 2.91. The van der Waals surface area contributed by atoms with Crippen LogP contribution in [0.3, 0.4) is 0 Å². The van der Waals surface area contributed by atoms with Crippen LogP contribution in [0.25, 0.3) is 0 Å². The summed E-state index contributed by atoms with van der Waals surface area (Å²) in [6, 6.07) is 0.837. The molecule has 12 heavy (non-hydrogen) atoms. The molecule has 0 radical (unpaired) electrons. The summed E-state index contributed by atoms with van der Waals surface area (Å²) in [6.07, 6.45) is 0. The van der Waals surface area contributed by atoms with Crippen molar-refractivity contribution >= 4 is 0 Å². The largest absolute Gasteiger partial charge is 0.326 e. The quantitative estimate of drug-likeness (QED) is 0.535. The van der Waals surface area contributed by atoms with Crippen LogP contribution in [0, 0.1) is 0 Å². The zero-order valence-corrected chi connectivity index (χ0v) is 9.39. The molecule has 0 aromatic rings. The Kier molecular flexibility index (Phi) is 2.26. The Morgan fingerprint density at radius 2 is 1.50 bits per heavy atom. The van der Waals surface area contributed by atoms with Crippen LogP contribution in [0.5, 0.6) is 0 Å². The molecule has 0 saturated carbocycles. The van der Waals surface area contributed by atoms with Crippen LogP contribution in [0.4, 0.5) is 0 Å². The maximum absolute atomic E-state index is 2.54. The van der Waals surface area contributed by atoms with E-state index in [1.807, 2.05) is 0 Å². The number of nitrogens with zero attached hydrogens (tertiary/aromatic N) is 2. The van der Waals surface area contributed by atoms with Gasteiger partial charge in [0.15, 0.2) is 0 Å². The van der Waals surface area contributed by atoms with Gasteiger partial charge < -0.3 is 4.48 Å². The van der Waals surface area contributed by atoms with Crippen molar-refractivity contribution in [2.24, 2.45) is 0 Å².